The van der Waals surface area contributed by atoms with Gasteiger partial charge in [-0.3, -0.25) is 4.79 Å². The van der Waals surface area contributed by atoms with Crippen LogP contribution in [0.2, 0.25) is 0 Å². The van der Waals surface area contributed by atoms with Crippen LogP contribution in [0.4, 0.5) is 4.39 Å². The van der Waals surface area contributed by atoms with Gasteiger partial charge in [-0.25, -0.2) is 4.39 Å². The normalized spacial score (nSPS) is 11.6. The summed E-state index contributed by atoms with van der Waals surface area (Å²) in [6, 6.07) is 4.76. The lowest BCUT2D eigenvalue weighted by Gasteiger charge is -2.09. The average molecular weight is 305 g/mol. The summed E-state index contributed by atoms with van der Waals surface area (Å²) in [7, 11) is 1.52. The second kappa shape index (κ2) is 9.69. The van der Waals surface area contributed by atoms with Crippen LogP contribution in [0.3, 0.4) is 0 Å². The van der Waals surface area contributed by atoms with Crippen molar-refractivity contribution >= 4 is 18.3 Å². The number of nitrogens with one attached hydrogen (secondary N) is 1. The molecule has 114 valence electrons. The molecule has 1 aromatic rings. The first-order valence-corrected chi connectivity index (χ1v) is 6.31. The third-order valence-electron chi connectivity index (χ3n) is 2.73. The molecule has 1 amide bonds. The zero-order chi connectivity index (χ0) is 14.3. The summed E-state index contributed by atoms with van der Waals surface area (Å²) in [5.74, 6) is -0.344. The number of carbonyl (C=O) groups is 1. The Morgan fingerprint density at radius 1 is 1.50 bits per heavy atom. The van der Waals surface area contributed by atoms with Gasteiger partial charge in [0.05, 0.1) is 6.61 Å². The molecule has 3 N–H and O–H groups in total. The smallest absolute Gasteiger partial charge is 0.220 e. The highest BCUT2D eigenvalue weighted by Crippen LogP contribution is 2.11. The van der Waals surface area contributed by atoms with Gasteiger partial charge in [0.2, 0.25) is 5.91 Å². The lowest BCUT2D eigenvalue weighted by molar-refractivity contribution is -0.121. The number of nitrogens with two attached hydrogens (primary N) is 1. The van der Waals surface area contributed by atoms with E-state index in [1.807, 2.05) is 6.92 Å². The predicted molar refractivity (Wildman–Crippen MR) is 79.1 cm³/mol. The molecule has 0 aliphatic heterocycles. The minimum absolute atomic E-state index is 0. The van der Waals surface area contributed by atoms with Crippen LogP contribution >= 0.6 is 12.4 Å². The molecule has 0 fully saturated rings. The molecular formula is C14H22ClFN2O2. The van der Waals surface area contributed by atoms with Gasteiger partial charge in [0, 0.05) is 31.7 Å². The summed E-state index contributed by atoms with van der Waals surface area (Å²) >= 11 is 0. The second-order valence-electron chi connectivity index (χ2n) is 4.65. The summed E-state index contributed by atoms with van der Waals surface area (Å²) in [5, 5.41) is 2.79. The number of rotatable bonds is 7. The third kappa shape index (κ3) is 6.84. The Balaban J connectivity index is 0.00000361. The van der Waals surface area contributed by atoms with Gasteiger partial charge in [-0.1, -0.05) is 6.07 Å². The Kier molecular flexibility index (Phi) is 9.12. The maximum Gasteiger partial charge on any atom is 0.220 e. The summed E-state index contributed by atoms with van der Waals surface area (Å²) in [6.45, 7) is 2.47. The summed E-state index contributed by atoms with van der Waals surface area (Å²) in [4.78, 5) is 11.5. The largest absolute Gasteiger partial charge is 0.380 e. The Hall–Kier alpha value is -1.17. The van der Waals surface area contributed by atoms with Crippen LogP contribution in [0.25, 0.3) is 0 Å². The lowest BCUT2D eigenvalue weighted by atomic mass is 10.1. The van der Waals surface area contributed by atoms with E-state index in [4.69, 9.17) is 10.5 Å². The molecule has 0 radical (unpaired) electrons. The molecule has 0 bridgehead atoms. The minimum Gasteiger partial charge on any atom is -0.380 e. The molecule has 1 rings (SSSR count). The van der Waals surface area contributed by atoms with E-state index in [9.17, 15) is 9.18 Å². The molecule has 0 aromatic heterocycles. The van der Waals surface area contributed by atoms with E-state index >= 15 is 0 Å². The number of hydrogen-bond acceptors (Lipinski definition) is 3. The fraction of sp³-hybridized carbons (Fsp3) is 0.500. The predicted octanol–water partition coefficient (Wildman–Crippen LogP) is 2.14. The quantitative estimate of drug-likeness (QED) is 0.811. The van der Waals surface area contributed by atoms with Crippen LogP contribution in [0, 0.1) is 5.82 Å². The van der Waals surface area contributed by atoms with E-state index in [0.29, 0.717) is 24.9 Å². The second-order valence-corrected chi connectivity index (χ2v) is 4.65. The highest BCUT2D eigenvalue weighted by Gasteiger charge is 2.06. The Morgan fingerprint density at radius 2 is 2.20 bits per heavy atom. The molecule has 0 heterocycles. The number of ether oxygens (including phenoxy) is 1. The van der Waals surface area contributed by atoms with Crippen molar-refractivity contribution in [3.63, 3.8) is 0 Å². The highest BCUT2D eigenvalue weighted by atomic mass is 35.5. The maximum atomic E-state index is 13.4. The van der Waals surface area contributed by atoms with Gasteiger partial charge in [0.15, 0.2) is 0 Å². The molecule has 6 heteroatoms. The van der Waals surface area contributed by atoms with E-state index < -0.39 is 0 Å². The Bertz CT molecular complexity index is 428. The van der Waals surface area contributed by atoms with Crippen LogP contribution in [0.1, 0.15) is 30.9 Å². The molecule has 0 aliphatic carbocycles. The average Bonchev–Trinajstić information content (AvgIpc) is 2.37. The van der Waals surface area contributed by atoms with Crippen LogP contribution < -0.4 is 11.1 Å². The molecule has 0 spiro atoms. The SMILES string of the molecule is COCc1cc(CNC(=O)CCC(C)N)ccc1F.Cl. The summed E-state index contributed by atoms with van der Waals surface area (Å²) in [6.07, 6.45) is 1.06. The van der Waals surface area contributed by atoms with Crippen molar-refractivity contribution in [1.29, 1.82) is 0 Å². The number of benzene rings is 1. The molecule has 1 aromatic carbocycles. The van der Waals surface area contributed by atoms with E-state index in [1.54, 1.807) is 12.1 Å². The Labute approximate surface area is 125 Å². The molecule has 4 nitrogen and oxygen atoms in total. The number of halogens is 2. The van der Waals surface area contributed by atoms with Crippen LogP contribution in [-0.2, 0) is 22.7 Å². The number of amides is 1. The van der Waals surface area contributed by atoms with Gasteiger partial charge in [-0.05, 0) is 31.0 Å². The Morgan fingerprint density at radius 3 is 2.80 bits per heavy atom. The zero-order valence-electron chi connectivity index (χ0n) is 11.8. The lowest BCUT2D eigenvalue weighted by Crippen LogP contribution is -2.25. The molecule has 1 atom stereocenters. The zero-order valence-corrected chi connectivity index (χ0v) is 12.6. The fourth-order valence-corrected chi connectivity index (χ4v) is 1.65. The molecule has 20 heavy (non-hydrogen) atoms. The van der Waals surface area contributed by atoms with Crippen LogP contribution in [0.5, 0.6) is 0 Å². The van der Waals surface area contributed by atoms with Crippen molar-refractivity contribution in [2.45, 2.75) is 39.0 Å². The van der Waals surface area contributed by atoms with Crippen LogP contribution in [0.15, 0.2) is 18.2 Å². The van der Waals surface area contributed by atoms with Gasteiger partial charge < -0.3 is 15.8 Å². The van der Waals surface area contributed by atoms with Gasteiger partial charge >= 0.3 is 0 Å². The van der Waals surface area contributed by atoms with E-state index in [1.165, 1.54) is 13.2 Å². The van der Waals surface area contributed by atoms with Gasteiger partial charge in [-0.15, -0.1) is 12.4 Å². The highest BCUT2D eigenvalue weighted by molar-refractivity contribution is 5.85. The van der Waals surface area contributed by atoms with Gasteiger partial charge in [0.1, 0.15) is 5.82 Å². The fourth-order valence-electron chi connectivity index (χ4n) is 1.65. The number of methoxy groups -OCH3 is 1. The first-order chi connectivity index (χ1) is 9.02. The molecular weight excluding hydrogens is 283 g/mol. The number of hydrogen-bond donors (Lipinski definition) is 2. The molecule has 0 aliphatic rings. The standard InChI is InChI=1S/C14H21FN2O2.ClH/c1-10(16)3-6-14(18)17-8-11-4-5-13(15)12(7-11)9-19-2;/h4-5,7,10H,3,6,8-9,16H2,1-2H3,(H,17,18);1H. The minimum atomic E-state index is -0.297. The monoisotopic (exact) mass is 304 g/mol. The van der Waals surface area contributed by atoms with Crippen molar-refractivity contribution < 1.29 is 13.9 Å². The van der Waals surface area contributed by atoms with Crippen LogP contribution in [-0.4, -0.2) is 19.1 Å². The van der Waals surface area contributed by atoms with Gasteiger partial charge in [0.25, 0.3) is 0 Å². The van der Waals surface area contributed by atoms with Gasteiger partial charge in [-0.2, -0.15) is 0 Å². The van der Waals surface area contributed by atoms with Crippen molar-refractivity contribution in [3.8, 4) is 0 Å². The van der Waals surface area contributed by atoms with Crippen molar-refractivity contribution in [1.82, 2.24) is 5.32 Å². The van der Waals surface area contributed by atoms with E-state index in [-0.39, 0.29) is 36.8 Å². The van der Waals surface area contributed by atoms with Crippen molar-refractivity contribution in [2.75, 3.05) is 7.11 Å². The molecule has 0 saturated carbocycles. The molecule has 1 unspecified atom stereocenters. The third-order valence-corrected chi connectivity index (χ3v) is 2.73. The maximum absolute atomic E-state index is 13.4. The van der Waals surface area contributed by atoms with Crippen molar-refractivity contribution in [3.05, 3.63) is 35.1 Å². The van der Waals surface area contributed by atoms with Crippen molar-refractivity contribution in [2.24, 2.45) is 5.73 Å². The summed E-state index contributed by atoms with van der Waals surface area (Å²) in [5.41, 5.74) is 6.92. The first-order valence-electron chi connectivity index (χ1n) is 6.31. The first kappa shape index (κ1) is 18.8. The summed E-state index contributed by atoms with van der Waals surface area (Å²) < 4.78 is 18.3. The number of carbonyl (C=O) groups excluding carboxylic acids is 1. The van der Waals surface area contributed by atoms with E-state index in [0.717, 1.165) is 5.56 Å². The molecule has 0 saturated heterocycles. The van der Waals surface area contributed by atoms with E-state index in [2.05, 4.69) is 5.32 Å². The topological polar surface area (TPSA) is 64.3 Å².